The number of ketones is 1. The molecule has 2 heterocycles. The Balaban J connectivity index is 2.02. The van der Waals surface area contributed by atoms with E-state index in [1.807, 2.05) is 6.92 Å². The third kappa shape index (κ3) is 3.96. The predicted octanol–water partition coefficient (Wildman–Crippen LogP) is 1.99. The average Bonchev–Trinajstić information content (AvgIpc) is 2.96. The molecule has 1 amide bonds. The van der Waals surface area contributed by atoms with Gasteiger partial charge in [-0.1, -0.05) is 13.0 Å². The van der Waals surface area contributed by atoms with E-state index in [9.17, 15) is 9.59 Å². The number of hydrogen-bond donors (Lipinski definition) is 1. The molecule has 0 spiro atoms. The van der Waals surface area contributed by atoms with Crippen LogP contribution in [0.5, 0.6) is 0 Å². The van der Waals surface area contributed by atoms with Crippen molar-refractivity contribution in [3.8, 4) is 6.07 Å². The van der Waals surface area contributed by atoms with Crippen molar-refractivity contribution >= 4 is 28.8 Å². The summed E-state index contributed by atoms with van der Waals surface area (Å²) in [6, 6.07) is 6.74. The van der Waals surface area contributed by atoms with E-state index in [0.717, 1.165) is 11.4 Å². The molecule has 0 saturated carbocycles. The number of rotatable bonds is 6. The molecular formula is C15H14N4O2S. The number of nitrogens with one attached hydrogen (secondary N) is 1. The molecule has 0 aromatic carbocycles. The molecule has 2 aromatic heterocycles. The number of carbonyl (C=O) groups excluding carboxylic acids is 2. The molecule has 0 bridgehead atoms. The Morgan fingerprint density at radius 3 is 2.86 bits per heavy atom. The third-order valence-electron chi connectivity index (χ3n) is 2.89. The monoisotopic (exact) mass is 314 g/mol. The van der Waals surface area contributed by atoms with Crippen molar-refractivity contribution in [3.63, 3.8) is 0 Å². The van der Waals surface area contributed by atoms with E-state index in [4.69, 9.17) is 5.26 Å². The van der Waals surface area contributed by atoms with E-state index in [1.165, 1.54) is 17.5 Å². The molecule has 0 aliphatic heterocycles. The Morgan fingerprint density at radius 1 is 1.45 bits per heavy atom. The summed E-state index contributed by atoms with van der Waals surface area (Å²) in [7, 11) is 0. The summed E-state index contributed by atoms with van der Waals surface area (Å²) < 4.78 is 0. The van der Waals surface area contributed by atoms with Gasteiger partial charge < -0.3 is 5.32 Å². The van der Waals surface area contributed by atoms with Gasteiger partial charge >= 0.3 is 0 Å². The standard InChI is InChI=1S/C15H14N4O2S/c1-2-14-18-10(9-22-14)7-12(20)11(8-16)15(21)19-13-5-3-4-6-17-13/h3-6,9,11H,2,7H2,1H3,(H,17,19,21)/t11-/m0/s1. The van der Waals surface area contributed by atoms with Crippen molar-refractivity contribution in [3.05, 3.63) is 40.5 Å². The van der Waals surface area contributed by atoms with Crippen LogP contribution in [-0.4, -0.2) is 21.7 Å². The minimum Gasteiger partial charge on any atom is -0.309 e. The SMILES string of the molecule is CCc1nc(CC(=O)[C@H](C#N)C(=O)Nc2ccccn2)cs1. The smallest absolute Gasteiger partial charge is 0.250 e. The van der Waals surface area contributed by atoms with Gasteiger partial charge in [-0.3, -0.25) is 9.59 Å². The maximum Gasteiger partial charge on any atom is 0.250 e. The number of amides is 1. The molecule has 0 radical (unpaired) electrons. The van der Waals surface area contributed by atoms with E-state index in [0.29, 0.717) is 11.5 Å². The Bertz CT molecular complexity index is 706. The van der Waals surface area contributed by atoms with E-state index >= 15 is 0 Å². The van der Waals surface area contributed by atoms with Gasteiger partial charge in [0.25, 0.3) is 5.91 Å². The molecule has 0 unspecified atom stereocenters. The molecule has 7 heteroatoms. The summed E-state index contributed by atoms with van der Waals surface area (Å²) in [5, 5.41) is 14.3. The zero-order valence-electron chi connectivity index (χ0n) is 11.9. The van der Waals surface area contributed by atoms with Crippen molar-refractivity contribution in [1.82, 2.24) is 9.97 Å². The van der Waals surface area contributed by atoms with Crippen LogP contribution in [0.2, 0.25) is 0 Å². The van der Waals surface area contributed by atoms with Crippen molar-refractivity contribution < 1.29 is 9.59 Å². The number of thiazole rings is 1. The Hall–Kier alpha value is -2.59. The number of aryl methyl sites for hydroxylation is 1. The van der Waals surface area contributed by atoms with Gasteiger partial charge in [0.05, 0.1) is 23.2 Å². The van der Waals surface area contributed by atoms with Gasteiger partial charge in [-0.25, -0.2) is 9.97 Å². The molecule has 22 heavy (non-hydrogen) atoms. The highest BCUT2D eigenvalue weighted by Gasteiger charge is 2.27. The molecule has 2 rings (SSSR count). The summed E-state index contributed by atoms with van der Waals surface area (Å²) in [5.41, 5.74) is 0.595. The van der Waals surface area contributed by atoms with E-state index in [1.54, 1.807) is 29.6 Å². The predicted molar refractivity (Wildman–Crippen MR) is 82.2 cm³/mol. The number of carbonyl (C=O) groups is 2. The van der Waals surface area contributed by atoms with Crippen molar-refractivity contribution in [1.29, 1.82) is 5.26 Å². The van der Waals surface area contributed by atoms with Gasteiger partial charge in [0, 0.05) is 11.6 Å². The zero-order chi connectivity index (χ0) is 15.9. The lowest BCUT2D eigenvalue weighted by Gasteiger charge is -2.08. The first-order valence-corrected chi connectivity index (χ1v) is 7.59. The number of anilines is 1. The average molecular weight is 314 g/mol. The van der Waals surface area contributed by atoms with E-state index < -0.39 is 17.6 Å². The number of pyridine rings is 1. The summed E-state index contributed by atoms with van der Waals surface area (Å²) in [6.45, 7) is 1.98. The lowest BCUT2D eigenvalue weighted by molar-refractivity contribution is -0.128. The molecule has 0 aliphatic carbocycles. The van der Waals surface area contributed by atoms with Crippen molar-refractivity contribution in [2.24, 2.45) is 5.92 Å². The summed E-state index contributed by atoms with van der Waals surface area (Å²) in [5.74, 6) is -2.20. The maximum absolute atomic E-state index is 12.1. The largest absolute Gasteiger partial charge is 0.309 e. The van der Waals surface area contributed by atoms with Gasteiger partial charge in [-0.05, 0) is 18.6 Å². The highest BCUT2D eigenvalue weighted by molar-refractivity contribution is 7.09. The van der Waals surface area contributed by atoms with Crippen LogP contribution >= 0.6 is 11.3 Å². The van der Waals surface area contributed by atoms with Gasteiger partial charge in [0.15, 0.2) is 11.7 Å². The molecule has 0 fully saturated rings. The second kappa shape index (κ2) is 7.43. The van der Waals surface area contributed by atoms with Gasteiger partial charge in [-0.2, -0.15) is 5.26 Å². The summed E-state index contributed by atoms with van der Waals surface area (Å²) in [4.78, 5) is 32.4. The molecule has 1 N–H and O–H groups in total. The first-order valence-electron chi connectivity index (χ1n) is 6.71. The fraction of sp³-hybridized carbons (Fsp3) is 0.267. The molecule has 1 atom stereocenters. The highest BCUT2D eigenvalue weighted by Crippen LogP contribution is 2.13. The van der Waals surface area contributed by atoms with Crippen LogP contribution < -0.4 is 5.32 Å². The third-order valence-corrected chi connectivity index (χ3v) is 3.93. The first kappa shape index (κ1) is 15.8. The zero-order valence-corrected chi connectivity index (χ0v) is 12.8. The summed E-state index contributed by atoms with van der Waals surface area (Å²) >= 11 is 1.47. The Morgan fingerprint density at radius 2 is 2.27 bits per heavy atom. The van der Waals surface area contributed by atoms with Crippen LogP contribution in [0.3, 0.4) is 0 Å². The number of nitriles is 1. The minimum absolute atomic E-state index is 0.0234. The number of aromatic nitrogens is 2. The van der Waals surface area contributed by atoms with Crippen molar-refractivity contribution in [2.45, 2.75) is 19.8 Å². The van der Waals surface area contributed by atoms with E-state index in [2.05, 4.69) is 15.3 Å². The van der Waals surface area contributed by atoms with Gasteiger partial charge in [0.1, 0.15) is 5.82 Å². The van der Waals surface area contributed by atoms with Crippen LogP contribution in [0.15, 0.2) is 29.8 Å². The van der Waals surface area contributed by atoms with Crippen LogP contribution in [0.1, 0.15) is 17.6 Å². The maximum atomic E-state index is 12.1. The molecule has 2 aromatic rings. The van der Waals surface area contributed by atoms with E-state index in [-0.39, 0.29) is 6.42 Å². The number of hydrogen-bond acceptors (Lipinski definition) is 6. The number of nitrogens with zero attached hydrogens (tertiary/aromatic N) is 3. The highest BCUT2D eigenvalue weighted by atomic mass is 32.1. The normalized spacial score (nSPS) is 11.5. The second-order valence-corrected chi connectivity index (χ2v) is 5.44. The minimum atomic E-state index is -1.37. The van der Waals surface area contributed by atoms with Crippen LogP contribution in [0.4, 0.5) is 5.82 Å². The van der Waals surface area contributed by atoms with Crippen LogP contribution in [-0.2, 0) is 22.4 Å². The quantitative estimate of drug-likeness (QED) is 0.823. The Labute approximate surface area is 131 Å². The van der Waals surface area contributed by atoms with Crippen molar-refractivity contribution in [2.75, 3.05) is 5.32 Å². The van der Waals surface area contributed by atoms with Gasteiger partial charge in [-0.15, -0.1) is 11.3 Å². The fourth-order valence-electron chi connectivity index (χ4n) is 1.79. The lowest BCUT2D eigenvalue weighted by Crippen LogP contribution is -2.30. The molecule has 112 valence electrons. The Kier molecular flexibility index (Phi) is 5.33. The molecule has 6 nitrogen and oxygen atoms in total. The molecular weight excluding hydrogens is 300 g/mol. The number of Topliss-reactive ketones (excluding diaryl/α,β-unsaturated/α-hetero) is 1. The summed E-state index contributed by atoms with van der Waals surface area (Å²) in [6.07, 6.45) is 2.28. The topological polar surface area (TPSA) is 95.7 Å². The second-order valence-electron chi connectivity index (χ2n) is 4.50. The lowest BCUT2D eigenvalue weighted by atomic mass is 10.0. The van der Waals surface area contributed by atoms with Crippen LogP contribution in [0, 0.1) is 17.2 Å². The first-order chi connectivity index (χ1) is 10.6. The molecule has 0 aliphatic rings. The van der Waals surface area contributed by atoms with Gasteiger partial charge in [0.2, 0.25) is 0 Å². The molecule has 0 saturated heterocycles. The van der Waals surface area contributed by atoms with Crippen LogP contribution in [0.25, 0.3) is 0 Å². The fourth-order valence-corrected chi connectivity index (χ4v) is 2.53.